The van der Waals surface area contributed by atoms with Gasteiger partial charge in [0, 0.05) is 60.8 Å². The van der Waals surface area contributed by atoms with Crippen LogP contribution in [0.15, 0.2) is 66.1 Å². The number of hydrogen-bond donors (Lipinski definition) is 4. The minimum absolute atomic E-state index is 0.0381. The number of carbonyl (C=O) groups excluding carboxylic acids is 2. The summed E-state index contributed by atoms with van der Waals surface area (Å²) in [5.74, 6) is -1.68. The van der Waals surface area contributed by atoms with Crippen molar-refractivity contribution in [3.05, 3.63) is 83.5 Å². The third kappa shape index (κ3) is 8.09. The van der Waals surface area contributed by atoms with Crippen molar-refractivity contribution in [2.45, 2.75) is 44.3 Å². The van der Waals surface area contributed by atoms with E-state index in [0.29, 0.717) is 29.4 Å². The molecule has 2 amide bonds. The van der Waals surface area contributed by atoms with Crippen molar-refractivity contribution in [1.82, 2.24) is 25.1 Å². The number of allylic oxidation sites excluding steroid dienone is 1. The van der Waals surface area contributed by atoms with E-state index in [-0.39, 0.29) is 11.8 Å². The summed E-state index contributed by atoms with van der Waals surface area (Å²) < 4.78 is 32.5. The number of fused-ring (bicyclic) bond motifs is 1. The first kappa shape index (κ1) is 31.8. The second-order valence-corrected chi connectivity index (χ2v) is 11.2. The summed E-state index contributed by atoms with van der Waals surface area (Å²) >= 11 is 0. The molecule has 2 saturated heterocycles. The van der Waals surface area contributed by atoms with E-state index >= 15 is 0 Å². The molecule has 10 nitrogen and oxygen atoms in total. The van der Waals surface area contributed by atoms with E-state index in [9.17, 15) is 22.8 Å². The highest BCUT2D eigenvalue weighted by Crippen LogP contribution is 2.25. The van der Waals surface area contributed by atoms with Crippen molar-refractivity contribution < 1.29 is 27.9 Å². The Morgan fingerprint density at radius 2 is 1.87 bits per heavy atom. The molecule has 2 fully saturated rings. The molecular weight excluding hydrogens is 587 g/mol. The van der Waals surface area contributed by atoms with Crippen molar-refractivity contribution in [2.24, 2.45) is 5.10 Å². The number of hydrogen-bond acceptors (Lipinski definition) is 7. The lowest BCUT2D eigenvalue weighted by molar-refractivity contribution is -0.119. The van der Waals surface area contributed by atoms with E-state index in [2.05, 4.69) is 42.2 Å². The second-order valence-electron chi connectivity index (χ2n) is 11.2. The van der Waals surface area contributed by atoms with Crippen LogP contribution >= 0.6 is 0 Å². The van der Waals surface area contributed by atoms with Gasteiger partial charge in [-0.3, -0.25) is 20.0 Å². The van der Waals surface area contributed by atoms with Gasteiger partial charge >= 0.3 is 6.18 Å². The van der Waals surface area contributed by atoms with Gasteiger partial charge in [0.2, 0.25) is 0 Å². The molecule has 1 aromatic carbocycles. The van der Waals surface area contributed by atoms with Gasteiger partial charge in [0.05, 0.1) is 23.2 Å². The van der Waals surface area contributed by atoms with Gasteiger partial charge in [-0.2, -0.15) is 18.3 Å². The summed E-state index contributed by atoms with van der Waals surface area (Å²) in [6, 6.07) is 13.5. The topological polar surface area (TPSA) is 126 Å². The van der Waals surface area contributed by atoms with E-state index in [4.69, 9.17) is 5.11 Å². The highest BCUT2D eigenvalue weighted by Gasteiger charge is 2.32. The average molecular weight is 624 g/mol. The van der Waals surface area contributed by atoms with Crippen LogP contribution in [0.2, 0.25) is 0 Å². The number of likely N-dealkylation sites (tertiary alicyclic amines) is 2. The molecule has 5 heterocycles. The molecule has 45 heavy (non-hydrogen) atoms. The Morgan fingerprint density at radius 1 is 1.13 bits per heavy atom. The maximum atomic E-state index is 13.2. The van der Waals surface area contributed by atoms with Gasteiger partial charge < -0.3 is 25.2 Å². The molecule has 3 aliphatic rings. The van der Waals surface area contributed by atoms with Crippen molar-refractivity contribution in [1.29, 1.82) is 0 Å². The molecule has 0 bridgehead atoms. The first-order valence-electron chi connectivity index (χ1n) is 14.9. The molecule has 6 rings (SSSR count). The fourth-order valence-corrected chi connectivity index (χ4v) is 5.72. The van der Waals surface area contributed by atoms with Crippen LogP contribution in [-0.4, -0.2) is 87.8 Å². The summed E-state index contributed by atoms with van der Waals surface area (Å²) in [7, 11) is 0. The number of carbonyl (C=O) groups is 2. The molecule has 0 radical (unpaired) electrons. The van der Waals surface area contributed by atoms with Gasteiger partial charge in [0.1, 0.15) is 0 Å². The van der Waals surface area contributed by atoms with Gasteiger partial charge in [0.15, 0.2) is 5.76 Å². The number of anilines is 1. The van der Waals surface area contributed by atoms with Crippen molar-refractivity contribution >= 4 is 23.7 Å². The Labute approximate surface area is 259 Å². The molecule has 0 saturated carbocycles. The van der Waals surface area contributed by atoms with Crippen LogP contribution in [0, 0.1) is 0 Å². The Balaban J connectivity index is 0.000000515. The largest absolute Gasteiger partial charge is 0.505 e. The average Bonchev–Trinajstić information content (AvgIpc) is 3.80. The lowest BCUT2D eigenvalue weighted by Gasteiger charge is -2.28. The second kappa shape index (κ2) is 14.0. The van der Waals surface area contributed by atoms with Crippen LogP contribution in [0.5, 0.6) is 0 Å². The number of nitrogens with one attached hydrogen (secondary N) is 3. The van der Waals surface area contributed by atoms with Gasteiger partial charge in [-0.15, -0.1) is 0 Å². The lowest BCUT2D eigenvalue weighted by Crippen LogP contribution is -2.42. The first-order valence-corrected chi connectivity index (χ1v) is 14.9. The van der Waals surface area contributed by atoms with Gasteiger partial charge in [-0.1, -0.05) is 6.58 Å². The van der Waals surface area contributed by atoms with Crippen LogP contribution in [0.25, 0.3) is 11.3 Å². The fourth-order valence-electron chi connectivity index (χ4n) is 5.72. The molecular formula is C32H36F3N7O3. The highest BCUT2D eigenvalue weighted by molar-refractivity contribution is 5.98. The summed E-state index contributed by atoms with van der Waals surface area (Å²) in [4.78, 5) is 37.6. The minimum atomic E-state index is -4.64. The molecule has 4 N–H and O–H groups in total. The molecule has 0 unspecified atom stereocenters. The number of aromatic nitrogens is 2. The van der Waals surface area contributed by atoms with E-state index in [1.165, 1.54) is 12.8 Å². The number of alkyl halides is 3. The number of amides is 2. The zero-order valence-electron chi connectivity index (χ0n) is 24.7. The van der Waals surface area contributed by atoms with Crippen LogP contribution in [0.1, 0.15) is 57.8 Å². The Kier molecular flexibility index (Phi) is 9.87. The van der Waals surface area contributed by atoms with Gasteiger partial charge in [-0.05, 0) is 81.2 Å². The Bertz CT molecular complexity index is 1550. The van der Waals surface area contributed by atoms with Crippen LogP contribution in [0.3, 0.4) is 0 Å². The number of benzene rings is 1. The Morgan fingerprint density at radius 3 is 2.56 bits per heavy atom. The highest BCUT2D eigenvalue weighted by atomic mass is 19.4. The van der Waals surface area contributed by atoms with Crippen LogP contribution in [-0.2, 0) is 6.42 Å². The molecule has 1 atom stereocenters. The fraction of sp³-hybridized carbons (Fsp3) is 0.375. The molecule has 3 aromatic rings. The third-order valence-corrected chi connectivity index (χ3v) is 8.05. The zero-order valence-corrected chi connectivity index (χ0v) is 24.7. The maximum Gasteiger partial charge on any atom is 0.448 e. The number of halogens is 3. The maximum absolute atomic E-state index is 13.2. The van der Waals surface area contributed by atoms with Crippen LogP contribution < -0.4 is 10.7 Å². The number of H-pyrrole nitrogens is 1. The summed E-state index contributed by atoms with van der Waals surface area (Å²) in [6.07, 6.45) is 4.26. The lowest BCUT2D eigenvalue weighted by atomic mass is 10.1. The molecule has 0 spiro atoms. The monoisotopic (exact) mass is 623 g/mol. The number of pyridine rings is 1. The number of rotatable bonds is 7. The predicted molar refractivity (Wildman–Crippen MR) is 165 cm³/mol. The van der Waals surface area contributed by atoms with E-state index in [1.54, 1.807) is 12.4 Å². The van der Waals surface area contributed by atoms with Gasteiger partial charge in [-0.25, -0.2) is 0 Å². The molecule has 3 aliphatic heterocycles. The quantitative estimate of drug-likeness (QED) is 0.164. The summed E-state index contributed by atoms with van der Waals surface area (Å²) in [6.45, 7) is 7.06. The number of aromatic amines is 1. The zero-order chi connectivity index (χ0) is 32.0. The van der Waals surface area contributed by atoms with Crippen LogP contribution in [0.4, 0.5) is 18.9 Å². The molecule has 238 valence electrons. The minimum Gasteiger partial charge on any atom is -0.505 e. The third-order valence-electron chi connectivity index (χ3n) is 8.05. The van der Waals surface area contributed by atoms with Crippen molar-refractivity contribution in [2.75, 3.05) is 38.1 Å². The molecule has 0 aliphatic carbocycles. The standard InChI is InChI=1S/C29H33N7O2.C3H3F3O/c37-28-25-17-27(33-26(25)10-12-31-28)21-9-11-30-23(16-21)18-32-34-22-7-5-20(6-8-22)29(38)36-15-3-4-24(36)19-35-13-1-2-14-35;1-2(7)3(4,5)6/h5-9,11,16-18,24,33-34H,1-4,10,12-15,19H2,(H,31,37);7H,1H2/b32-18+;/t24-;/m1./s1. The number of hydrazone groups is 1. The SMILES string of the molecule is C=C(O)C(F)(F)F.O=C1NCCc2[nH]c(-c3ccnc(/C=N/Nc4ccc(C(=O)N5CCC[C@@H]5CN5CCCC5)cc4)c3)cc21. The smallest absolute Gasteiger partial charge is 0.448 e. The van der Waals surface area contributed by atoms with E-state index in [1.807, 2.05) is 42.5 Å². The molecule has 2 aromatic heterocycles. The van der Waals surface area contributed by atoms with Gasteiger partial charge in [0.25, 0.3) is 11.8 Å². The Hall–Kier alpha value is -4.65. The van der Waals surface area contributed by atoms with E-state index < -0.39 is 11.9 Å². The first-order chi connectivity index (χ1) is 21.6. The van der Waals surface area contributed by atoms with E-state index in [0.717, 1.165) is 68.1 Å². The number of aliphatic hydroxyl groups is 1. The summed E-state index contributed by atoms with van der Waals surface area (Å²) in [5.41, 5.74) is 8.72. The normalized spacial score (nSPS) is 18.3. The van der Waals surface area contributed by atoms with Crippen molar-refractivity contribution in [3.8, 4) is 11.3 Å². The predicted octanol–water partition coefficient (Wildman–Crippen LogP) is 5.13. The number of aliphatic hydroxyl groups excluding tert-OH is 1. The molecule has 13 heteroatoms. The summed E-state index contributed by atoms with van der Waals surface area (Å²) in [5, 5.41) is 14.8. The number of nitrogens with zero attached hydrogens (tertiary/aromatic N) is 4. The van der Waals surface area contributed by atoms with Crippen molar-refractivity contribution in [3.63, 3.8) is 0 Å².